The zero-order valence-corrected chi connectivity index (χ0v) is 16.9. The van der Waals surface area contributed by atoms with E-state index in [1.54, 1.807) is 23.5 Å². The zero-order chi connectivity index (χ0) is 18.5. The predicted molar refractivity (Wildman–Crippen MR) is 108 cm³/mol. The molecule has 0 radical (unpaired) electrons. The number of halogens is 1. The second-order valence-corrected chi connectivity index (χ2v) is 7.81. The molecule has 3 aromatic rings. The fourth-order valence-electron chi connectivity index (χ4n) is 2.54. The highest BCUT2D eigenvalue weighted by Gasteiger charge is 2.14. The lowest BCUT2D eigenvalue weighted by Crippen LogP contribution is -2.26. The summed E-state index contributed by atoms with van der Waals surface area (Å²) in [5, 5.41) is 6.01. The molecule has 3 rings (SSSR count). The highest BCUT2D eigenvalue weighted by molar-refractivity contribution is 9.10. The van der Waals surface area contributed by atoms with Gasteiger partial charge in [-0.3, -0.25) is 4.79 Å². The molecule has 1 amide bonds. The van der Waals surface area contributed by atoms with Crippen molar-refractivity contribution < 1.29 is 9.53 Å². The number of hydrogen-bond donors (Lipinski definition) is 1. The molecule has 1 atom stereocenters. The van der Waals surface area contributed by atoms with Gasteiger partial charge in [-0.15, -0.1) is 11.3 Å². The van der Waals surface area contributed by atoms with Crippen LogP contribution >= 0.6 is 27.3 Å². The molecule has 0 fully saturated rings. The van der Waals surface area contributed by atoms with Gasteiger partial charge in [0.15, 0.2) is 0 Å². The molecule has 1 heterocycles. The van der Waals surface area contributed by atoms with E-state index in [1.807, 2.05) is 55.6 Å². The van der Waals surface area contributed by atoms with Gasteiger partial charge in [-0.05, 0) is 43.7 Å². The van der Waals surface area contributed by atoms with Gasteiger partial charge < -0.3 is 10.1 Å². The third-order valence-corrected chi connectivity index (χ3v) is 5.41. The Morgan fingerprint density at radius 1 is 1.27 bits per heavy atom. The van der Waals surface area contributed by atoms with Crippen LogP contribution in [-0.4, -0.2) is 10.9 Å². The van der Waals surface area contributed by atoms with Gasteiger partial charge >= 0.3 is 0 Å². The van der Waals surface area contributed by atoms with Crippen LogP contribution in [0.25, 0.3) is 0 Å². The van der Waals surface area contributed by atoms with Crippen LogP contribution < -0.4 is 10.1 Å². The van der Waals surface area contributed by atoms with Crippen LogP contribution in [0.2, 0.25) is 0 Å². The molecule has 1 unspecified atom stereocenters. The van der Waals surface area contributed by atoms with Gasteiger partial charge in [0.05, 0.1) is 16.7 Å². The number of carbonyl (C=O) groups is 1. The highest BCUT2D eigenvalue weighted by atomic mass is 79.9. The Morgan fingerprint density at radius 2 is 2.08 bits per heavy atom. The highest BCUT2D eigenvalue weighted by Crippen LogP contribution is 2.23. The normalized spacial score (nSPS) is 11.8. The van der Waals surface area contributed by atoms with Crippen molar-refractivity contribution in [2.24, 2.45) is 0 Å². The third-order valence-electron chi connectivity index (χ3n) is 3.87. The maximum atomic E-state index is 12.6. The Kier molecular flexibility index (Phi) is 6.06. The summed E-state index contributed by atoms with van der Waals surface area (Å²) in [4.78, 5) is 17.0. The molecular formula is C20H19BrN2O2S. The lowest BCUT2D eigenvalue weighted by molar-refractivity contribution is 0.0939. The number of nitrogens with zero attached hydrogens (tertiary/aromatic N) is 1. The Labute approximate surface area is 165 Å². The van der Waals surface area contributed by atoms with Gasteiger partial charge in [0, 0.05) is 15.4 Å². The molecule has 4 nitrogen and oxygen atoms in total. The topological polar surface area (TPSA) is 51.2 Å². The zero-order valence-electron chi connectivity index (χ0n) is 14.5. The van der Waals surface area contributed by atoms with Crippen LogP contribution in [-0.2, 0) is 6.61 Å². The fourth-order valence-corrected chi connectivity index (χ4v) is 3.77. The summed E-state index contributed by atoms with van der Waals surface area (Å²) in [6, 6.07) is 14.9. The van der Waals surface area contributed by atoms with Crippen molar-refractivity contribution in [3.8, 4) is 5.75 Å². The van der Waals surface area contributed by atoms with Crippen molar-refractivity contribution >= 4 is 33.2 Å². The lowest BCUT2D eigenvalue weighted by Gasteiger charge is -2.16. The van der Waals surface area contributed by atoms with E-state index in [0.29, 0.717) is 17.9 Å². The summed E-state index contributed by atoms with van der Waals surface area (Å²) in [6.45, 7) is 4.32. The first-order valence-corrected chi connectivity index (χ1v) is 9.89. The number of benzene rings is 2. The summed E-state index contributed by atoms with van der Waals surface area (Å²) in [7, 11) is 0. The van der Waals surface area contributed by atoms with Gasteiger partial charge in [-0.1, -0.05) is 40.2 Å². The van der Waals surface area contributed by atoms with E-state index >= 15 is 0 Å². The van der Waals surface area contributed by atoms with E-state index in [2.05, 4.69) is 26.2 Å². The summed E-state index contributed by atoms with van der Waals surface area (Å²) >= 11 is 5.12. The minimum atomic E-state index is -0.136. The Balaban J connectivity index is 1.65. The molecular weight excluding hydrogens is 412 g/mol. The van der Waals surface area contributed by atoms with E-state index in [4.69, 9.17) is 4.74 Å². The van der Waals surface area contributed by atoms with E-state index < -0.39 is 0 Å². The number of carbonyl (C=O) groups excluding carboxylic acids is 1. The molecule has 0 aliphatic heterocycles. The lowest BCUT2D eigenvalue weighted by atomic mass is 10.1. The Hall–Kier alpha value is -2.18. The minimum Gasteiger partial charge on any atom is -0.487 e. The van der Waals surface area contributed by atoms with Gasteiger partial charge in [-0.25, -0.2) is 4.98 Å². The van der Waals surface area contributed by atoms with Crippen molar-refractivity contribution in [3.63, 3.8) is 0 Å². The molecule has 0 saturated heterocycles. The van der Waals surface area contributed by atoms with Crippen molar-refractivity contribution in [2.45, 2.75) is 26.5 Å². The Bertz CT molecular complexity index is 910. The third kappa shape index (κ3) is 4.71. The summed E-state index contributed by atoms with van der Waals surface area (Å²) in [5.41, 5.74) is 2.49. The first kappa shape index (κ1) is 18.6. The Morgan fingerprint density at radius 3 is 2.81 bits per heavy atom. The van der Waals surface area contributed by atoms with E-state index in [1.165, 1.54) is 0 Å². The van der Waals surface area contributed by atoms with Gasteiger partial charge in [-0.2, -0.15) is 0 Å². The SMILES string of the molecule is Cc1nc(COc2cccc(C(=O)NC(C)c3ccccc3Br)c2)cs1. The van der Waals surface area contributed by atoms with Crippen molar-refractivity contribution in [3.05, 3.63) is 80.2 Å². The molecule has 2 aromatic carbocycles. The second kappa shape index (κ2) is 8.47. The number of hydrogen-bond acceptors (Lipinski definition) is 4. The van der Waals surface area contributed by atoms with Crippen LogP contribution in [0.5, 0.6) is 5.75 Å². The number of amides is 1. The summed E-state index contributed by atoms with van der Waals surface area (Å²) in [6.07, 6.45) is 0. The quantitative estimate of drug-likeness (QED) is 0.578. The molecule has 26 heavy (non-hydrogen) atoms. The van der Waals surface area contributed by atoms with Gasteiger partial charge in [0.25, 0.3) is 5.91 Å². The molecule has 1 N–H and O–H groups in total. The second-order valence-electron chi connectivity index (χ2n) is 5.89. The number of rotatable bonds is 6. The van der Waals surface area contributed by atoms with Crippen LogP contribution in [0.3, 0.4) is 0 Å². The van der Waals surface area contributed by atoms with Crippen LogP contribution in [0.1, 0.15) is 39.6 Å². The van der Waals surface area contributed by atoms with Crippen molar-refractivity contribution in [1.82, 2.24) is 10.3 Å². The first-order chi connectivity index (χ1) is 12.5. The van der Waals surface area contributed by atoms with Crippen molar-refractivity contribution in [1.29, 1.82) is 0 Å². The fraction of sp³-hybridized carbons (Fsp3) is 0.200. The average Bonchev–Trinajstić information content (AvgIpc) is 3.06. The standard InChI is InChI=1S/C20H19BrN2O2S/c1-13(18-8-3-4-9-19(18)21)22-20(24)15-6-5-7-17(10-15)25-11-16-12-26-14(2)23-16/h3-10,12-13H,11H2,1-2H3,(H,22,24). The number of nitrogens with one attached hydrogen (secondary N) is 1. The molecule has 6 heteroatoms. The maximum Gasteiger partial charge on any atom is 0.251 e. The predicted octanol–water partition coefficient (Wildman–Crippen LogP) is 5.28. The number of aryl methyl sites for hydroxylation is 1. The molecule has 0 bridgehead atoms. The molecule has 0 aliphatic rings. The molecule has 1 aromatic heterocycles. The average molecular weight is 431 g/mol. The molecule has 134 valence electrons. The van der Waals surface area contributed by atoms with Gasteiger partial charge in [0.1, 0.15) is 12.4 Å². The molecule has 0 spiro atoms. The molecule has 0 saturated carbocycles. The number of thiazole rings is 1. The summed E-state index contributed by atoms with van der Waals surface area (Å²) < 4.78 is 6.74. The van der Waals surface area contributed by atoms with Crippen LogP contribution in [0, 0.1) is 6.92 Å². The van der Waals surface area contributed by atoms with E-state index in [9.17, 15) is 4.79 Å². The van der Waals surface area contributed by atoms with Gasteiger partial charge in [0.2, 0.25) is 0 Å². The largest absolute Gasteiger partial charge is 0.487 e. The van der Waals surface area contributed by atoms with E-state index in [0.717, 1.165) is 20.7 Å². The minimum absolute atomic E-state index is 0.111. The first-order valence-electron chi connectivity index (χ1n) is 8.22. The monoisotopic (exact) mass is 430 g/mol. The number of aromatic nitrogens is 1. The molecule has 0 aliphatic carbocycles. The van der Waals surface area contributed by atoms with E-state index in [-0.39, 0.29) is 11.9 Å². The smallest absolute Gasteiger partial charge is 0.251 e. The maximum absolute atomic E-state index is 12.6. The van der Waals surface area contributed by atoms with Crippen molar-refractivity contribution in [2.75, 3.05) is 0 Å². The van der Waals surface area contributed by atoms with Crippen LogP contribution in [0.15, 0.2) is 58.4 Å². The number of ether oxygens (including phenoxy) is 1. The summed E-state index contributed by atoms with van der Waals surface area (Å²) in [5.74, 6) is 0.514. The van der Waals surface area contributed by atoms with Crippen LogP contribution in [0.4, 0.5) is 0 Å².